The molecule has 0 radical (unpaired) electrons. The van der Waals surface area contributed by atoms with Crippen LogP contribution in [-0.2, 0) is 11.4 Å². The molecular formula is C30H29Cl2NO5S. The number of amides is 2. The minimum absolute atomic E-state index is 0.145. The minimum atomic E-state index is -0.379. The average Bonchev–Trinajstić information content (AvgIpc) is 3.15. The molecule has 6 nitrogen and oxygen atoms in total. The van der Waals surface area contributed by atoms with E-state index in [4.69, 9.17) is 37.4 Å². The molecule has 0 spiro atoms. The van der Waals surface area contributed by atoms with Gasteiger partial charge in [0, 0.05) is 10.6 Å². The molecule has 0 N–H and O–H groups in total. The highest BCUT2D eigenvalue weighted by Gasteiger charge is 2.35. The van der Waals surface area contributed by atoms with Crippen molar-refractivity contribution in [2.24, 2.45) is 0 Å². The van der Waals surface area contributed by atoms with Crippen LogP contribution in [0.5, 0.6) is 17.2 Å². The van der Waals surface area contributed by atoms with E-state index in [1.807, 2.05) is 43.3 Å². The molecule has 0 aromatic heterocycles. The highest BCUT2D eigenvalue weighted by molar-refractivity contribution is 8.18. The lowest BCUT2D eigenvalue weighted by molar-refractivity contribution is -0.123. The highest BCUT2D eigenvalue weighted by atomic mass is 35.5. The summed E-state index contributed by atoms with van der Waals surface area (Å²) in [6.45, 7) is 6.74. The van der Waals surface area contributed by atoms with E-state index in [-0.39, 0.29) is 36.8 Å². The van der Waals surface area contributed by atoms with E-state index in [0.29, 0.717) is 32.0 Å². The second kappa shape index (κ2) is 12.8. The lowest BCUT2D eigenvalue weighted by Gasteiger charge is -2.17. The number of hydrogen-bond acceptors (Lipinski definition) is 6. The van der Waals surface area contributed by atoms with Crippen LogP contribution in [0.3, 0.4) is 0 Å². The largest absolute Gasteiger partial charge is 0.493 e. The van der Waals surface area contributed by atoms with Gasteiger partial charge in [-0.3, -0.25) is 14.5 Å². The van der Waals surface area contributed by atoms with Crippen molar-refractivity contribution in [1.82, 2.24) is 4.90 Å². The number of nitrogens with zero attached hydrogens (tertiary/aromatic N) is 1. The maximum atomic E-state index is 13.0. The van der Waals surface area contributed by atoms with Gasteiger partial charge in [0.1, 0.15) is 19.0 Å². The summed E-state index contributed by atoms with van der Waals surface area (Å²) in [6, 6.07) is 16.8. The Morgan fingerprint density at radius 1 is 0.974 bits per heavy atom. The Morgan fingerprint density at radius 2 is 1.74 bits per heavy atom. The molecule has 4 rings (SSSR count). The molecule has 204 valence electrons. The van der Waals surface area contributed by atoms with E-state index in [1.165, 1.54) is 12.0 Å². The molecule has 39 heavy (non-hydrogen) atoms. The van der Waals surface area contributed by atoms with Crippen LogP contribution >= 0.6 is 35.0 Å². The lowest BCUT2D eigenvalue weighted by Crippen LogP contribution is -2.32. The van der Waals surface area contributed by atoms with Gasteiger partial charge in [0.25, 0.3) is 11.1 Å². The Kier molecular flexibility index (Phi) is 9.49. The molecule has 0 aliphatic carbocycles. The summed E-state index contributed by atoms with van der Waals surface area (Å²) in [4.78, 5) is 27.2. The van der Waals surface area contributed by atoms with Crippen molar-refractivity contribution in [3.8, 4) is 17.2 Å². The van der Waals surface area contributed by atoms with Crippen molar-refractivity contribution in [2.75, 3.05) is 20.3 Å². The van der Waals surface area contributed by atoms with Gasteiger partial charge >= 0.3 is 0 Å². The molecule has 3 aromatic rings. The van der Waals surface area contributed by atoms with Gasteiger partial charge in [-0.25, -0.2) is 0 Å². The molecule has 1 saturated heterocycles. The number of benzene rings is 3. The van der Waals surface area contributed by atoms with Crippen molar-refractivity contribution in [3.05, 3.63) is 91.8 Å². The number of thioether (sulfide) groups is 1. The van der Waals surface area contributed by atoms with Gasteiger partial charge in [0.05, 0.1) is 23.6 Å². The van der Waals surface area contributed by atoms with E-state index < -0.39 is 0 Å². The number of rotatable bonds is 10. The predicted molar refractivity (Wildman–Crippen MR) is 157 cm³/mol. The molecule has 0 atom stereocenters. The van der Waals surface area contributed by atoms with Crippen molar-refractivity contribution in [1.29, 1.82) is 0 Å². The van der Waals surface area contributed by atoms with Crippen molar-refractivity contribution in [2.45, 2.75) is 33.3 Å². The number of carbonyl (C=O) groups excluding carboxylic acids is 2. The molecule has 1 fully saturated rings. The van der Waals surface area contributed by atoms with Crippen LogP contribution in [0.2, 0.25) is 10.0 Å². The number of carbonyl (C=O) groups is 2. The number of hydrogen-bond donors (Lipinski definition) is 0. The number of imide groups is 1. The average molecular weight is 587 g/mol. The summed E-state index contributed by atoms with van der Waals surface area (Å²) < 4.78 is 17.4. The van der Waals surface area contributed by atoms with Crippen LogP contribution in [0.4, 0.5) is 4.79 Å². The molecular weight excluding hydrogens is 557 g/mol. The number of halogens is 2. The van der Waals surface area contributed by atoms with E-state index >= 15 is 0 Å². The second-order valence-corrected chi connectivity index (χ2v) is 11.1. The lowest BCUT2D eigenvalue weighted by atomic mass is 10.0. The number of ether oxygens (including phenoxy) is 3. The molecule has 0 unspecified atom stereocenters. The first-order valence-corrected chi connectivity index (χ1v) is 14.0. The molecule has 2 amide bonds. The molecule has 3 aromatic carbocycles. The molecule has 1 aliphatic heterocycles. The van der Waals surface area contributed by atoms with Crippen LogP contribution in [0.25, 0.3) is 6.08 Å². The van der Waals surface area contributed by atoms with Gasteiger partial charge < -0.3 is 14.2 Å². The minimum Gasteiger partial charge on any atom is -0.493 e. The third-order valence-electron chi connectivity index (χ3n) is 6.12. The second-order valence-electron chi connectivity index (χ2n) is 9.29. The van der Waals surface area contributed by atoms with Crippen LogP contribution in [0, 0.1) is 6.92 Å². The SMILES string of the molecule is COc1cc(/C=C2\SC(=O)N(CCOc3cc(C)ccc3C(C)C)C2=O)cc(Cl)c1OCc1ccccc1Cl. The summed E-state index contributed by atoms with van der Waals surface area (Å²) in [5, 5.41) is 0.546. The number of methoxy groups -OCH3 is 1. The third-order valence-corrected chi connectivity index (χ3v) is 7.67. The third kappa shape index (κ3) is 6.90. The van der Waals surface area contributed by atoms with E-state index in [1.54, 1.807) is 24.3 Å². The Labute approximate surface area is 242 Å². The maximum absolute atomic E-state index is 13.0. The van der Waals surface area contributed by atoms with Gasteiger partial charge in [-0.1, -0.05) is 67.4 Å². The summed E-state index contributed by atoms with van der Waals surface area (Å²) in [7, 11) is 1.50. The monoisotopic (exact) mass is 585 g/mol. The van der Waals surface area contributed by atoms with E-state index in [9.17, 15) is 9.59 Å². The summed E-state index contributed by atoms with van der Waals surface area (Å²) in [5.41, 5.74) is 3.57. The Hall–Kier alpha value is -3.13. The first-order valence-electron chi connectivity index (χ1n) is 12.4. The van der Waals surface area contributed by atoms with Gasteiger partial charge in [-0.05, 0) is 71.6 Å². The zero-order valence-electron chi connectivity index (χ0n) is 22.1. The summed E-state index contributed by atoms with van der Waals surface area (Å²) in [5.74, 6) is 1.44. The van der Waals surface area contributed by atoms with E-state index in [2.05, 4.69) is 13.8 Å². The standard InChI is InChI=1S/C30H29Cl2NO5S/c1-18(2)22-10-9-19(3)13-25(22)37-12-11-33-29(34)27(39-30(33)35)16-20-14-24(32)28(26(15-20)36-4)38-17-21-7-5-6-8-23(21)31/h5-10,13-16,18H,11-12,17H2,1-4H3/b27-16-. The summed E-state index contributed by atoms with van der Waals surface area (Å²) >= 11 is 13.6. The smallest absolute Gasteiger partial charge is 0.293 e. The Morgan fingerprint density at radius 3 is 2.46 bits per heavy atom. The molecule has 9 heteroatoms. The fraction of sp³-hybridized carbons (Fsp3) is 0.267. The molecule has 1 aliphatic rings. The first kappa shape index (κ1) is 28.9. The summed E-state index contributed by atoms with van der Waals surface area (Å²) in [6.07, 6.45) is 1.62. The highest BCUT2D eigenvalue weighted by Crippen LogP contribution is 2.39. The normalized spacial score (nSPS) is 14.4. The molecule has 1 heterocycles. The van der Waals surface area contributed by atoms with E-state index in [0.717, 1.165) is 34.2 Å². The maximum Gasteiger partial charge on any atom is 0.293 e. The first-order chi connectivity index (χ1) is 18.7. The van der Waals surface area contributed by atoms with Gasteiger partial charge in [0.2, 0.25) is 0 Å². The zero-order valence-corrected chi connectivity index (χ0v) is 24.5. The molecule has 0 saturated carbocycles. The van der Waals surface area contributed by atoms with Crippen LogP contribution in [0.1, 0.15) is 42.0 Å². The Balaban J connectivity index is 1.45. The fourth-order valence-corrected chi connectivity index (χ4v) is 5.39. The van der Waals surface area contributed by atoms with Gasteiger partial charge in [-0.15, -0.1) is 0 Å². The van der Waals surface area contributed by atoms with Crippen molar-refractivity contribution < 1.29 is 23.8 Å². The van der Waals surface area contributed by atoms with Crippen LogP contribution in [0.15, 0.2) is 59.5 Å². The van der Waals surface area contributed by atoms with Crippen LogP contribution < -0.4 is 14.2 Å². The fourth-order valence-electron chi connectivity index (χ4n) is 4.06. The predicted octanol–water partition coefficient (Wildman–Crippen LogP) is 8.13. The zero-order chi connectivity index (χ0) is 28.1. The topological polar surface area (TPSA) is 65.1 Å². The quantitative estimate of drug-likeness (QED) is 0.224. The Bertz CT molecular complexity index is 1420. The van der Waals surface area contributed by atoms with Gasteiger partial charge in [-0.2, -0.15) is 0 Å². The van der Waals surface area contributed by atoms with Gasteiger partial charge in [0.15, 0.2) is 11.5 Å². The molecule has 0 bridgehead atoms. The number of aryl methyl sites for hydroxylation is 1. The van der Waals surface area contributed by atoms with Crippen molar-refractivity contribution >= 4 is 52.2 Å². The van der Waals surface area contributed by atoms with Crippen LogP contribution in [-0.4, -0.2) is 36.3 Å². The van der Waals surface area contributed by atoms with Crippen molar-refractivity contribution in [3.63, 3.8) is 0 Å².